The number of anilines is 2. The highest BCUT2D eigenvalue weighted by Gasteiger charge is 2.17. The van der Waals surface area contributed by atoms with Crippen LogP contribution in [0.5, 0.6) is 17.2 Å². The fourth-order valence-electron chi connectivity index (χ4n) is 2.74. The summed E-state index contributed by atoms with van der Waals surface area (Å²) in [5, 5.41) is 23.5. The third-order valence-electron chi connectivity index (χ3n) is 4.00. The van der Waals surface area contributed by atoms with Crippen LogP contribution in [0.3, 0.4) is 0 Å². The van der Waals surface area contributed by atoms with Crippen LogP contribution in [-0.2, 0) is 0 Å². The highest BCUT2D eigenvalue weighted by Crippen LogP contribution is 2.40. The Morgan fingerprint density at radius 2 is 1.92 bits per heavy atom. The number of pyridine rings is 1. The Labute approximate surface area is 145 Å². The van der Waals surface area contributed by atoms with Crippen molar-refractivity contribution >= 4 is 22.3 Å². The summed E-state index contributed by atoms with van der Waals surface area (Å²) in [5.41, 5.74) is 2.88. The number of methoxy groups -OCH3 is 2. The summed E-state index contributed by atoms with van der Waals surface area (Å²) in [5.74, 6) is 1.15. The van der Waals surface area contributed by atoms with Crippen molar-refractivity contribution in [2.45, 2.75) is 6.92 Å². The van der Waals surface area contributed by atoms with Gasteiger partial charge in [0.15, 0.2) is 11.5 Å². The van der Waals surface area contributed by atoms with Gasteiger partial charge in [0.1, 0.15) is 17.3 Å². The largest absolute Gasteiger partial charge is 0.506 e. The smallest absolute Gasteiger partial charge is 0.187 e. The third-order valence-corrected chi connectivity index (χ3v) is 4.00. The van der Waals surface area contributed by atoms with Crippen LogP contribution in [0.2, 0.25) is 0 Å². The lowest BCUT2D eigenvalue weighted by molar-refractivity contribution is 0.358. The Balaban J connectivity index is 2.28. The van der Waals surface area contributed by atoms with Gasteiger partial charge in [-0.05, 0) is 30.7 Å². The van der Waals surface area contributed by atoms with Crippen molar-refractivity contribution in [3.05, 3.63) is 47.7 Å². The number of ether oxygens (including phenoxy) is 2. The lowest BCUT2D eigenvalue weighted by Gasteiger charge is -2.16. The van der Waals surface area contributed by atoms with Gasteiger partial charge in [0.2, 0.25) is 0 Å². The number of hydrogen-bond donors (Lipinski definition) is 2. The number of hydrogen-bond acceptors (Lipinski definition) is 6. The van der Waals surface area contributed by atoms with E-state index in [1.165, 1.54) is 13.3 Å². The van der Waals surface area contributed by atoms with Crippen molar-refractivity contribution < 1.29 is 14.6 Å². The predicted octanol–water partition coefficient (Wildman–Crippen LogP) is 3.88. The molecule has 1 heterocycles. The van der Waals surface area contributed by atoms with Crippen LogP contribution >= 0.6 is 0 Å². The number of para-hydroxylation sites is 1. The van der Waals surface area contributed by atoms with Crippen LogP contribution in [0.1, 0.15) is 11.1 Å². The lowest BCUT2D eigenvalue weighted by atomic mass is 10.1. The summed E-state index contributed by atoms with van der Waals surface area (Å²) in [4.78, 5) is 4.35. The maximum absolute atomic E-state index is 10.2. The zero-order chi connectivity index (χ0) is 18.0. The van der Waals surface area contributed by atoms with Crippen molar-refractivity contribution in [1.82, 2.24) is 4.98 Å². The summed E-state index contributed by atoms with van der Waals surface area (Å²) >= 11 is 0. The topological polar surface area (TPSA) is 87.4 Å². The van der Waals surface area contributed by atoms with Crippen molar-refractivity contribution in [3.8, 4) is 23.3 Å². The molecule has 3 rings (SSSR count). The number of phenolic OH excluding ortho intramolecular Hbond substituents is 1. The van der Waals surface area contributed by atoms with Gasteiger partial charge in [-0.2, -0.15) is 5.26 Å². The first-order chi connectivity index (χ1) is 12.1. The standard InChI is InChI=1S/C19H17N3O3/c1-11-5-4-6-14(23)16(11)22-17-12(9-20)10-21-18-13(17)7-8-15(24-2)19(18)25-3/h4-8,10,23H,1-3H3,(H,21,22). The van der Waals surface area contributed by atoms with E-state index in [-0.39, 0.29) is 5.75 Å². The van der Waals surface area contributed by atoms with E-state index in [0.29, 0.717) is 39.3 Å². The second-order valence-electron chi connectivity index (χ2n) is 5.45. The second-order valence-corrected chi connectivity index (χ2v) is 5.45. The highest BCUT2D eigenvalue weighted by atomic mass is 16.5. The molecule has 0 aliphatic rings. The van der Waals surface area contributed by atoms with Gasteiger partial charge in [-0.1, -0.05) is 12.1 Å². The highest BCUT2D eigenvalue weighted by molar-refractivity contribution is 6.00. The number of nitrogens with one attached hydrogen (secondary N) is 1. The molecule has 126 valence electrons. The van der Waals surface area contributed by atoms with E-state index in [4.69, 9.17) is 9.47 Å². The quantitative estimate of drug-likeness (QED) is 0.704. The van der Waals surface area contributed by atoms with Crippen LogP contribution < -0.4 is 14.8 Å². The molecular weight excluding hydrogens is 318 g/mol. The van der Waals surface area contributed by atoms with Gasteiger partial charge in [0.25, 0.3) is 0 Å². The monoisotopic (exact) mass is 335 g/mol. The third kappa shape index (κ3) is 2.76. The van der Waals surface area contributed by atoms with Crippen LogP contribution in [0, 0.1) is 18.3 Å². The Hall–Kier alpha value is -3.46. The number of nitrogens with zero attached hydrogens (tertiary/aromatic N) is 2. The fourth-order valence-corrected chi connectivity index (χ4v) is 2.74. The normalized spacial score (nSPS) is 10.3. The van der Waals surface area contributed by atoms with Crippen LogP contribution in [0.4, 0.5) is 11.4 Å². The summed E-state index contributed by atoms with van der Waals surface area (Å²) in [6, 6.07) is 10.9. The first-order valence-electron chi connectivity index (χ1n) is 7.60. The lowest BCUT2D eigenvalue weighted by Crippen LogP contribution is -2.00. The summed E-state index contributed by atoms with van der Waals surface area (Å²) in [6.07, 6.45) is 1.47. The summed E-state index contributed by atoms with van der Waals surface area (Å²) < 4.78 is 10.7. The van der Waals surface area contributed by atoms with Crippen molar-refractivity contribution in [2.75, 3.05) is 19.5 Å². The molecule has 25 heavy (non-hydrogen) atoms. The van der Waals surface area contributed by atoms with E-state index in [1.54, 1.807) is 25.3 Å². The van der Waals surface area contributed by atoms with E-state index in [9.17, 15) is 10.4 Å². The Morgan fingerprint density at radius 1 is 1.12 bits per heavy atom. The molecular formula is C19H17N3O3. The number of aromatic nitrogens is 1. The van der Waals surface area contributed by atoms with Crippen LogP contribution in [0.25, 0.3) is 10.9 Å². The predicted molar refractivity (Wildman–Crippen MR) is 95.7 cm³/mol. The second kappa shape index (κ2) is 6.57. The van der Waals surface area contributed by atoms with E-state index >= 15 is 0 Å². The molecule has 0 aliphatic carbocycles. The fraction of sp³-hybridized carbons (Fsp3) is 0.158. The molecule has 6 nitrogen and oxygen atoms in total. The zero-order valence-electron chi connectivity index (χ0n) is 14.1. The van der Waals surface area contributed by atoms with E-state index in [2.05, 4.69) is 16.4 Å². The summed E-state index contributed by atoms with van der Waals surface area (Å²) in [7, 11) is 3.09. The van der Waals surface area contributed by atoms with Crippen molar-refractivity contribution in [1.29, 1.82) is 5.26 Å². The zero-order valence-corrected chi connectivity index (χ0v) is 14.1. The molecule has 2 N–H and O–H groups in total. The van der Waals surface area contributed by atoms with Gasteiger partial charge in [-0.15, -0.1) is 0 Å². The molecule has 0 fully saturated rings. The van der Waals surface area contributed by atoms with Crippen LogP contribution in [-0.4, -0.2) is 24.3 Å². The van der Waals surface area contributed by atoms with Gasteiger partial charge < -0.3 is 19.9 Å². The molecule has 0 aliphatic heterocycles. The first kappa shape index (κ1) is 16.4. The molecule has 1 aromatic heterocycles. The minimum Gasteiger partial charge on any atom is -0.506 e. The average molecular weight is 335 g/mol. The van der Waals surface area contributed by atoms with Gasteiger partial charge in [-0.3, -0.25) is 4.98 Å². The molecule has 0 atom stereocenters. The minimum atomic E-state index is 0.106. The van der Waals surface area contributed by atoms with E-state index in [1.807, 2.05) is 19.1 Å². The van der Waals surface area contributed by atoms with Gasteiger partial charge in [-0.25, -0.2) is 0 Å². The molecule has 0 saturated carbocycles. The molecule has 3 aromatic rings. The molecule has 0 saturated heterocycles. The Bertz CT molecular complexity index is 973. The molecule has 0 spiro atoms. The Kier molecular flexibility index (Phi) is 4.31. The molecule has 2 aromatic carbocycles. The van der Waals surface area contributed by atoms with Crippen LogP contribution in [0.15, 0.2) is 36.5 Å². The van der Waals surface area contributed by atoms with Gasteiger partial charge in [0, 0.05) is 11.6 Å². The number of rotatable bonds is 4. The molecule has 0 unspecified atom stereocenters. The number of aryl methyl sites for hydroxylation is 1. The maximum Gasteiger partial charge on any atom is 0.187 e. The first-order valence-corrected chi connectivity index (χ1v) is 7.60. The molecule has 0 radical (unpaired) electrons. The van der Waals surface area contributed by atoms with E-state index in [0.717, 1.165) is 5.56 Å². The maximum atomic E-state index is 10.2. The summed E-state index contributed by atoms with van der Waals surface area (Å²) in [6.45, 7) is 1.88. The number of phenols is 1. The van der Waals surface area contributed by atoms with Gasteiger partial charge in [0.05, 0.1) is 31.2 Å². The Morgan fingerprint density at radius 3 is 2.56 bits per heavy atom. The molecule has 0 bridgehead atoms. The SMILES string of the molecule is COc1ccc2c(Nc3c(C)cccc3O)c(C#N)cnc2c1OC. The number of fused-ring (bicyclic) bond motifs is 1. The van der Waals surface area contributed by atoms with Gasteiger partial charge >= 0.3 is 0 Å². The molecule has 6 heteroatoms. The number of nitriles is 1. The average Bonchev–Trinajstić information content (AvgIpc) is 2.63. The van der Waals surface area contributed by atoms with Crippen molar-refractivity contribution in [2.24, 2.45) is 0 Å². The van der Waals surface area contributed by atoms with Crippen molar-refractivity contribution in [3.63, 3.8) is 0 Å². The van der Waals surface area contributed by atoms with E-state index < -0.39 is 0 Å². The minimum absolute atomic E-state index is 0.106. The number of benzene rings is 2. The molecule has 0 amide bonds. The number of aromatic hydroxyl groups is 1.